The van der Waals surface area contributed by atoms with Crippen molar-refractivity contribution in [3.8, 4) is 0 Å². The van der Waals surface area contributed by atoms with Crippen molar-refractivity contribution in [2.24, 2.45) is 0 Å². The van der Waals surface area contributed by atoms with Crippen LogP contribution in [0.3, 0.4) is 0 Å². The van der Waals surface area contributed by atoms with Crippen LogP contribution >= 0.6 is 15.9 Å². The zero-order valence-corrected chi connectivity index (χ0v) is 12.4. The van der Waals surface area contributed by atoms with Gasteiger partial charge in [0.15, 0.2) is 0 Å². The van der Waals surface area contributed by atoms with Crippen LogP contribution in [0.4, 0.5) is 0 Å². The van der Waals surface area contributed by atoms with Crippen LogP contribution in [0.25, 0.3) is 0 Å². The van der Waals surface area contributed by atoms with Crippen LogP contribution in [-0.2, 0) is 0 Å². The molecule has 2 heteroatoms. The van der Waals surface area contributed by atoms with Gasteiger partial charge in [-0.2, -0.15) is 0 Å². The molecule has 0 spiro atoms. The number of benzene rings is 2. The number of hydrogen-bond donors (Lipinski definition) is 0. The molecule has 2 aromatic carbocycles. The summed E-state index contributed by atoms with van der Waals surface area (Å²) in [5.41, 5.74) is 0. The first-order valence-corrected chi connectivity index (χ1v) is 10.3. The monoisotopic (exact) mass is 322 g/mol. The number of alkyl halides is 1. The fourth-order valence-electron chi connectivity index (χ4n) is 1.74. The SMILES string of the molecule is Br[CH2][GeH]([c]1ccccc1)[c]1ccccc1. The van der Waals surface area contributed by atoms with Crippen LogP contribution in [0.15, 0.2) is 60.7 Å². The number of hydrogen-bond acceptors (Lipinski definition) is 0. The summed E-state index contributed by atoms with van der Waals surface area (Å²) in [4.78, 5) is 0. The summed E-state index contributed by atoms with van der Waals surface area (Å²) in [5, 5.41) is 0. The molecule has 0 heterocycles. The average Bonchev–Trinajstić information content (AvgIpc) is 2.33. The average molecular weight is 322 g/mol. The van der Waals surface area contributed by atoms with E-state index < -0.39 is 14.3 Å². The zero-order chi connectivity index (χ0) is 10.5. The van der Waals surface area contributed by atoms with E-state index in [0.29, 0.717) is 0 Å². The summed E-state index contributed by atoms with van der Waals surface area (Å²) in [7, 11) is 0. The molecule has 0 amide bonds. The summed E-state index contributed by atoms with van der Waals surface area (Å²) < 4.78 is 4.25. The molecule has 0 aliphatic carbocycles. The molecule has 76 valence electrons. The minimum atomic E-state index is -1.53. The van der Waals surface area contributed by atoms with Crippen molar-refractivity contribution >= 4 is 39.1 Å². The molecular weight excluding hydrogens is 309 g/mol. The molecule has 0 atom stereocenters. The maximum absolute atomic E-state index is 3.67. The number of rotatable bonds is 3. The Morgan fingerprint density at radius 3 is 1.47 bits per heavy atom. The molecule has 0 saturated heterocycles. The quantitative estimate of drug-likeness (QED) is 0.599. The van der Waals surface area contributed by atoms with Gasteiger partial charge >= 0.3 is 104 Å². The van der Waals surface area contributed by atoms with Crippen LogP contribution in [0, 0.1) is 0 Å². The van der Waals surface area contributed by atoms with E-state index in [9.17, 15) is 0 Å². The molecule has 0 N–H and O–H groups in total. The summed E-state index contributed by atoms with van der Waals surface area (Å²) in [6.45, 7) is 0. The van der Waals surface area contributed by atoms with Crippen molar-refractivity contribution in [1.29, 1.82) is 0 Å². The van der Waals surface area contributed by atoms with E-state index in [-0.39, 0.29) is 0 Å². The Hall–Kier alpha value is -0.537. The van der Waals surface area contributed by atoms with E-state index in [4.69, 9.17) is 0 Å². The molecule has 2 aromatic rings. The summed E-state index contributed by atoms with van der Waals surface area (Å²) in [5.74, 6) is 0. The summed E-state index contributed by atoms with van der Waals surface area (Å²) >= 11 is 2.15. The molecule has 15 heavy (non-hydrogen) atoms. The molecule has 0 radical (unpaired) electrons. The maximum atomic E-state index is 3.67. The third-order valence-electron chi connectivity index (χ3n) is 2.56. The van der Waals surface area contributed by atoms with E-state index in [0.717, 1.165) is 4.16 Å². The fraction of sp³-hybridized carbons (Fsp3) is 0.0769. The third-order valence-corrected chi connectivity index (χ3v) is 11.6. The molecule has 0 bridgehead atoms. The van der Waals surface area contributed by atoms with Gasteiger partial charge in [0.2, 0.25) is 0 Å². The van der Waals surface area contributed by atoms with Gasteiger partial charge in [0.1, 0.15) is 0 Å². The van der Waals surface area contributed by atoms with E-state index in [1.165, 1.54) is 0 Å². The third kappa shape index (κ3) is 2.73. The Labute approximate surface area is 104 Å². The second-order valence-corrected chi connectivity index (χ2v) is 12.7. The summed E-state index contributed by atoms with van der Waals surface area (Å²) in [6.07, 6.45) is 0. The van der Waals surface area contributed by atoms with Gasteiger partial charge in [-0.25, -0.2) is 0 Å². The molecule has 0 aromatic heterocycles. The van der Waals surface area contributed by atoms with Crippen LogP contribution in [0.1, 0.15) is 0 Å². The van der Waals surface area contributed by atoms with Crippen LogP contribution in [0.5, 0.6) is 0 Å². The van der Waals surface area contributed by atoms with Crippen LogP contribution in [0.2, 0.25) is 0 Å². The van der Waals surface area contributed by atoms with Crippen molar-refractivity contribution < 1.29 is 0 Å². The molecular formula is C13H13BrGe. The summed E-state index contributed by atoms with van der Waals surface area (Å²) in [6, 6.07) is 21.8. The first-order valence-electron chi connectivity index (χ1n) is 5.07. The topological polar surface area (TPSA) is 0 Å². The van der Waals surface area contributed by atoms with Gasteiger partial charge < -0.3 is 0 Å². The number of halogens is 1. The van der Waals surface area contributed by atoms with Gasteiger partial charge in [-0.05, 0) is 0 Å². The first kappa shape index (κ1) is 11.0. The first-order chi connectivity index (χ1) is 7.42. The molecule has 2 rings (SSSR count). The van der Waals surface area contributed by atoms with E-state index in [1.807, 2.05) is 0 Å². The van der Waals surface area contributed by atoms with Crippen LogP contribution < -0.4 is 8.79 Å². The van der Waals surface area contributed by atoms with Crippen molar-refractivity contribution in [3.63, 3.8) is 0 Å². The second kappa shape index (κ2) is 5.52. The van der Waals surface area contributed by atoms with E-state index >= 15 is 0 Å². The molecule has 0 unspecified atom stereocenters. The van der Waals surface area contributed by atoms with Gasteiger partial charge in [-0.1, -0.05) is 0 Å². The van der Waals surface area contributed by atoms with Crippen LogP contribution in [-0.4, -0.2) is 18.5 Å². The Balaban J connectivity index is 2.34. The normalized spacial score (nSPS) is 10.5. The van der Waals surface area contributed by atoms with Gasteiger partial charge in [0, 0.05) is 0 Å². The molecule has 0 aliphatic heterocycles. The fourth-order valence-corrected chi connectivity index (χ4v) is 10.1. The zero-order valence-electron chi connectivity index (χ0n) is 8.44. The molecule has 0 aliphatic rings. The molecule has 0 saturated carbocycles. The second-order valence-electron chi connectivity index (χ2n) is 3.53. The minimum absolute atomic E-state index is 1.15. The van der Waals surface area contributed by atoms with Crippen molar-refractivity contribution in [2.45, 2.75) is 0 Å². The molecule has 0 nitrogen and oxygen atoms in total. The van der Waals surface area contributed by atoms with Crippen molar-refractivity contribution in [2.75, 3.05) is 4.16 Å². The standard InChI is InChI=1S/C13H13BrGe/c14-11-15(12-7-3-1-4-8-12)13-9-5-2-6-10-13/h1-10,15H,11H2. The Kier molecular flexibility index (Phi) is 4.03. The molecule has 0 fully saturated rings. The van der Waals surface area contributed by atoms with Gasteiger partial charge in [-0.15, -0.1) is 0 Å². The Bertz CT molecular complexity index is 360. The van der Waals surface area contributed by atoms with E-state index in [1.54, 1.807) is 8.79 Å². The van der Waals surface area contributed by atoms with Gasteiger partial charge in [-0.3, -0.25) is 0 Å². The van der Waals surface area contributed by atoms with Gasteiger partial charge in [0.05, 0.1) is 0 Å². The van der Waals surface area contributed by atoms with Gasteiger partial charge in [0.25, 0.3) is 0 Å². The Morgan fingerprint density at radius 2 is 1.13 bits per heavy atom. The van der Waals surface area contributed by atoms with E-state index in [2.05, 4.69) is 76.6 Å². The van der Waals surface area contributed by atoms with Crippen molar-refractivity contribution in [1.82, 2.24) is 0 Å². The predicted molar refractivity (Wildman–Crippen MR) is 73.1 cm³/mol. The van der Waals surface area contributed by atoms with Crippen molar-refractivity contribution in [3.05, 3.63) is 60.7 Å². The Morgan fingerprint density at radius 1 is 0.733 bits per heavy atom. The predicted octanol–water partition coefficient (Wildman–Crippen LogP) is 1.96.